The van der Waals surface area contributed by atoms with Crippen LogP contribution in [0.4, 0.5) is 0 Å². The maximum atomic E-state index is 8.89. The zero-order chi connectivity index (χ0) is 14.4. The molecular weight excluding hydrogens is 248 g/mol. The Bertz CT molecular complexity index is 629. The summed E-state index contributed by atoms with van der Waals surface area (Å²) < 4.78 is 5.88. The number of benzene rings is 2. The minimum Gasteiger partial charge on any atom is -0.489 e. The summed E-state index contributed by atoms with van der Waals surface area (Å²) in [5.74, 6) is 0.882. The number of nitrogens with zero attached hydrogens (tertiary/aromatic N) is 1. The van der Waals surface area contributed by atoms with E-state index >= 15 is 0 Å². The predicted molar refractivity (Wildman–Crippen MR) is 79.4 cm³/mol. The van der Waals surface area contributed by atoms with Crippen LogP contribution in [-0.2, 0) is 13.2 Å². The first-order valence-electron chi connectivity index (χ1n) is 6.59. The Balaban J connectivity index is 2.12. The van der Waals surface area contributed by atoms with Gasteiger partial charge in [0.2, 0.25) is 0 Å². The summed E-state index contributed by atoms with van der Waals surface area (Å²) in [4.78, 5) is 0. The average molecular weight is 266 g/mol. The Labute approximate surface area is 119 Å². The van der Waals surface area contributed by atoms with E-state index in [1.807, 2.05) is 37.4 Å². The van der Waals surface area contributed by atoms with Crippen molar-refractivity contribution in [1.82, 2.24) is 5.32 Å². The Morgan fingerprint density at radius 2 is 2.05 bits per heavy atom. The van der Waals surface area contributed by atoms with Gasteiger partial charge in [-0.15, -0.1) is 0 Å². The third-order valence-electron chi connectivity index (χ3n) is 3.03. The first-order chi connectivity index (χ1) is 9.72. The highest BCUT2D eigenvalue weighted by Gasteiger charge is 2.04. The minimum atomic E-state index is 0.468. The summed E-state index contributed by atoms with van der Waals surface area (Å²) in [6, 6.07) is 15.8. The number of aryl methyl sites for hydroxylation is 1. The van der Waals surface area contributed by atoms with Crippen LogP contribution in [-0.4, -0.2) is 7.05 Å². The third kappa shape index (κ3) is 3.59. The van der Waals surface area contributed by atoms with Crippen LogP contribution in [0.25, 0.3) is 0 Å². The average Bonchev–Trinajstić information content (AvgIpc) is 2.47. The van der Waals surface area contributed by atoms with Crippen LogP contribution in [0.15, 0.2) is 42.5 Å². The lowest BCUT2D eigenvalue weighted by atomic mass is 10.1. The van der Waals surface area contributed by atoms with Gasteiger partial charge >= 0.3 is 0 Å². The Morgan fingerprint density at radius 1 is 1.20 bits per heavy atom. The number of nitrogens with one attached hydrogen (secondary N) is 1. The first-order valence-corrected chi connectivity index (χ1v) is 6.59. The molecule has 0 radical (unpaired) electrons. The molecule has 3 heteroatoms. The maximum absolute atomic E-state index is 8.89. The van der Waals surface area contributed by atoms with Crippen LogP contribution in [0.1, 0.15) is 22.3 Å². The van der Waals surface area contributed by atoms with E-state index in [9.17, 15) is 0 Å². The summed E-state index contributed by atoms with van der Waals surface area (Å²) in [6.45, 7) is 3.31. The molecule has 0 amide bonds. The fourth-order valence-corrected chi connectivity index (χ4v) is 2.07. The van der Waals surface area contributed by atoms with Gasteiger partial charge in [0, 0.05) is 12.1 Å². The molecule has 0 spiro atoms. The van der Waals surface area contributed by atoms with Gasteiger partial charge in [0.25, 0.3) is 0 Å². The van der Waals surface area contributed by atoms with Gasteiger partial charge in [-0.2, -0.15) is 5.26 Å². The van der Waals surface area contributed by atoms with Gasteiger partial charge in [-0.25, -0.2) is 0 Å². The maximum Gasteiger partial charge on any atom is 0.124 e. The molecular formula is C17H18N2O. The number of hydrogen-bond donors (Lipinski definition) is 1. The Hall–Kier alpha value is -2.31. The van der Waals surface area contributed by atoms with Gasteiger partial charge < -0.3 is 10.1 Å². The van der Waals surface area contributed by atoms with Gasteiger partial charge in [-0.1, -0.05) is 29.8 Å². The molecule has 3 nitrogen and oxygen atoms in total. The monoisotopic (exact) mass is 266 g/mol. The van der Waals surface area contributed by atoms with Crippen LogP contribution >= 0.6 is 0 Å². The number of rotatable bonds is 5. The predicted octanol–water partition coefficient (Wildman–Crippen LogP) is 3.17. The summed E-state index contributed by atoms with van der Waals surface area (Å²) in [5.41, 5.74) is 4.02. The summed E-state index contributed by atoms with van der Waals surface area (Å²) >= 11 is 0. The van der Waals surface area contributed by atoms with Crippen molar-refractivity contribution < 1.29 is 4.74 Å². The Morgan fingerprint density at radius 3 is 2.80 bits per heavy atom. The largest absolute Gasteiger partial charge is 0.489 e. The SMILES string of the molecule is CNCc1cc(C)ccc1OCc1cccc(C#N)c1. The molecule has 0 heterocycles. The summed E-state index contributed by atoms with van der Waals surface area (Å²) in [6.07, 6.45) is 0. The molecule has 20 heavy (non-hydrogen) atoms. The standard InChI is InChI=1S/C17H18N2O/c1-13-6-7-17(16(8-13)11-19-2)20-12-15-5-3-4-14(9-15)10-18/h3-9,19H,11-12H2,1-2H3. The fraction of sp³-hybridized carbons (Fsp3) is 0.235. The normalized spacial score (nSPS) is 10.1. The van der Waals surface area contributed by atoms with Crippen LogP contribution in [0, 0.1) is 18.3 Å². The number of hydrogen-bond acceptors (Lipinski definition) is 3. The van der Waals surface area contributed by atoms with Crippen molar-refractivity contribution in [2.75, 3.05) is 7.05 Å². The molecule has 0 unspecified atom stereocenters. The first kappa shape index (κ1) is 14.1. The van der Waals surface area contributed by atoms with E-state index < -0.39 is 0 Å². The van der Waals surface area contributed by atoms with E-state index in [4.69, 9.17) is 10.00 Å². The van der Waals surface area contributed by atoms with Crippen molar-refractivity contribution in [2.45, 2.75) is 20.1 Å². The lowest BCUT2D eigenvalue weighted by Gasteiger charge is -2.12. The van der Waals surface area contributed by atoms with Crippen LogP contribution < -0.4 is 10.1 Å². The van der Waals surface area contributed by atoms with Crippen LogP contribution in [0.2, 0.25) is 0 Å². The second-order valence-corrected chi connectivity index (χ2v) is 4.74. The molecule has 0 atom stereocenters. The molecule has 0 fully saturated rings. The molecule has 0 bridgehead atoms. The van der Waals surface area contributed by atoms with Crippen molar-refractivity contribution in [3.8, 4) is 11.8 Å². The van der Waals surface area contributed by atoms with Gasteiger partial charge in [0.15, 0.2) is 0 Å². The zero-order valence-corrected chi connectivity index (χ0v) is 11.8. The molecule has 0 aliphatic carbocycles. The van der Waals surface area contributed by atoms with Crippen molar-refractivity contribution in [3.63, 3.8) is 0 Å². The number of nitriles is 1. The second-order valence-electron chi connectivity index (χ2n) is 4.74. The molecule has 2 rings (SSSR count). The van der Waals surface area contributed by atoms with Crippen molar-refractivity contribution in [2.24, 2.45) is 0 Å². The molecule has 2 aromatic rings. The summed E-state index contributed by atoms with van der Waals surface area (Å²) in [7, 11) is 1.92. The number of ether oxygens (including phenoxy) is 1. The van der Waals surface area contributed by atoms with E-state index in [-0.39, 0.29) is 0 Å². The van der Waals surface area contributed by atoms with E-state index in [2.05, 4.69) is 24.4 Å². The van der Waals surface area contributed by atoms with Gasteiger partial charge in [0.1, 0.15) is 12.4 Å². The molecule has 0 saturated heterocycles. The van der Waals surface area contributed by atoms with Gasteiger partial charge in [-0.3, -0.25) is 0 Å². The van der Waals surface area contributed by atoms with E-state index in [0.29, 0.717) is 12.2 Å². The fourth-order valence-electron chi connectivity index (χ4n) is 2.07. The van der Waals surface area contributed by atoms with Gasteiger partial charge in [0.05, 0.1) is 11.6 Å². The van der Waals surface area contributed by atoms with Crippen molar-refractivity contribution >= 4 is 0 Å². The van der Waals surface area contributed by atoms with Crippen LogP contribution in [0.5, 0.6) is 5.75 Å². The zero-order valence-electron chi connectivity index (χ0n) is 11.8. The second kappa shape index (κ2) is 6.74. The van der Waals surface area contributed by atoms with Crippen molar-refractivity contribution in [3.05, 3.63) is 64.7 Å². The van der Waals surface area contributed by atoms with E-state index in [1.54, 1.807) is 6.07 Å². The summed E-state index contributed by atoms with van der Waals surface area (Å²) in [5, 5.41) is 12.0. The highest BCUT2D eigenvalue weighted by Crippen LogP contribution is 2.21. The van der Waals surface area contributed by atoms with Gasteiger partial charge in [-0.05, 0) is 37.7 Å². The van der Waals surface area contributed by atoms with Crippen molar-refractivity contribution in [1.29, 1.82) is 5.26 Å². The van der Waals surface area contributed by atoms with Crippen LogP contribution in [0.3, 0.4) is 0 Å². The van der Waals surface area contributed by atoms with E-state index in [1.165, 1.54) is 5.56 Å². The molecule has 1 N–H and O–H groups in total. The lowest BCUT2D eigenvalue weighted by molar-refractivity contribution is 0.302. The topological polar surface area (TPSA) is 45.0 Å². The molecule has 102 valence electrons. The van der Waals surface area contributed by atoms with E-state index in [0.717, 1.165) is 23.4 Å². The molecule has 0 saturated carbocycles. The molecule has 0 aliphatic heterocycles. The minimum absolute atomic E-state index is 0.468. The highest BCUT2D eigenvalue weighted by atomic mass is 16.5. The lowest BCUT2D eigenvalue weighted by Crippen LogP contribution is -2.08. The molecule has 0 aliphatic rings. The molecule has 0 aromatic heterocycles. The quantitative estimate of drug-likeness (QED) is 0.904. The Kier molecular flexibility index (Phi) is 4.75. The molecule has 2 aromatic carbocycles. The third-order valence-corrected chi connectivity index (χ3v) is 3.03. The highest BCUT2D eigenvalue weighted by molar-refractivity contribution is 5.37. The smallest absolute Gasteiger partial charge is 0.124 e.